The predicted octanol–water partition coefficient (Wildman–Crippen LogP) is -1.63. The molecule has 0 aromatic carbocycles. The van der Waals surface area contributed by atoms with Crippen LogP contribution in [0, 0.1) is 0 Å². The van der Waals surface area contributed by atoms with Gasteiger partial charge in [0, 0.05) is 80.5 Å². The molecule has 0 aromatic rings. The molecule has 1 fully saturated rings. The maximum Gasteiger partial charge on any atom is 0.224 e. The van der Waals surface area contributed by atoms with Gasteiger partial charge in [0.25, 0.3) is 0 Å². The maximum atomic E-state index is 5.37. The van der Waals surface area contributed by atoms with Crippen LogP contribution >= 0.6 is 0 Å². The molecule has 1 rings (SSSR count). The van der Waals surface area contributed by atoms with E-state index in [4.69, 9.17) is 5.73 Å². The summed E-state index contributed by atoms with van der Waals surface area (Å²) in [5.74, 6) is 0. The van der Waals surface area contributed by atoms with Crippen LogP contribution in [0.4, 0.5) is 0 Å². The third-order valence-electron chi connectivity index (χ3n) is 2.78. The molecule has 1 heterocycles. The molecule has 0 aromatic heterocycles. The SMILES string of the molecule is NCCNCCNCCNCCNCCCC1OO1.[Ti]. The zero-order valence-corrected chi connectivity index (χ0v) is 13.8. The van der Waals surface area contributed by atoms with Crippen LogP contribution < -0.4 is 27.0 Å². The van der Waals surface area contributed by atoms with Gasteiger partial charge in [0.15, 0.2) is 0 Å². The zero-order chi connectivity index (χ0) is 13.6. The molecule has 0 atom stereocenters. The van der Waals surface area contributed by atoms with E-state index in [0.29, 0.717) is 6.54 Å². The van der Waals surface area contributed by atoms with E-state index >= 15 is 0 Å². The van der Waals surface area contributed by atoms with Crippen LogP contribution in [0.5, 0.6) is 0 Å². The minimum atomic E-state index is 0. The first-order valence-corrected chi connectivity index (χ1v) is 7.28. The quantitative estimate of drug-likeness (QED) is 0.107. The van der Waals surface area contributed by atoms with Crippen LogP contribution in [0.1, 0.15) is 12.8 Å². The van der Waals surface area contributed by atoms with Gasteiger partial charge in [0.05, 0.1) is 0 Å². The smallest absolute Gasteiger partial charge is 0.224 e. The van der Waals surface area contributed by atoms with Gasteiger partial charge < -0.3 is 27.0 Å². The number of nitrogens with two attached hydrogens (primary N) is 1. The standard InChI is InChI=1S/C12H29N5O2.Ti/c13-3-5-15-7-9-17-11-10-16-8-6-14-4-1-2-12-18-19-12;/h12,14-17H,1-11,13H2;. The van der Waals surface area contributed by atoms with Crippen LogP contribution in [-0.2, 0) is 31.5 Å². The molecule has 0 aliphatic carbocycles. The van der Waals surface area contributed by atoms with E-state index in [2.05, 4.69) is 31.0 Å². The largest absolute Gasteiger partial charge is 0.329 e. The predicted molar refractivity (Wildman–Crippen MR) is 75.7 cm³/mol. The number of hydrogen-bond donors (Lipinski definition) is 5. The summed E-state index contributed by atoms with van der Waals surface area (Å²) in [5, 5.41) is 13.4. The van der Waals surface area contributed by atoms with Gasteiger partial charge in [-0.3, -0.25) is 0 Å². The van der Waals surface area contributed by atoms with Crippen molar-refractivity contribution in [3.8, 4) is 0 Å². The van der Waals surface area contributed by atoms with E-state index in [1.54, 1.807) is 0 Å². The molecule has 7 nitrogen and oxygen atoms in total. The first-order valence-electron chi connectivity index (χ1n) is 7.28. The molecule has 20 heavy (non-hydrogen) atoms. The van der Waals surface area contributed by atoms with Crippen molar-refractivity contribution in [3.63, 3.8) is 0 Å². The molecule has 1 aliphatic rings. The molecule has 6 N–H and O–H groups in total. The molecule has 118 valence electrons. The van der Waals surface area contributed by atoms with Crippen molar-refractivity contribution in [2.24, 2.45) is 5.73 Å². The molecule has 1 saturated heterocycles. The van der Waals surface area contributed by atoms with E-state index in [0.717, 1.165) is 65.2 Å². The second-order valence-corrected chi connectivity index (χ2v) is 4.55. The summed E-state index contributed by atoms with van der Waals surface area (Å²) in [6, 6.07) is 0. The first-order chi connectivity index (χ1) is 9.43. The van der Waals surface area contributed by atoms with Gasteiger partial charge in [-0.15, -0.1) is 0 Å². The van der Waals surface area contributed by atoms with Crippen LogP contribution in [-0.4, -0.2) is 65.2 Å². The molecule has 0 unspecified atom stereocenters. The normalized spacial score (nSPS) is 14.2. The Morgan fingerprint density at radius 2 is 1.15 bits per heavy atom. The zero-order valence-electron chi connectivity index (χ0n) is 12.2. The van der Waals surface area contributed by atoms with Gasteiger partial charge in [-0.1, -0.05) is 0 Å². The van der Waals surface area contributed by atoms with Gasteiger partial charge in [-0.25, -0.2) is 0 Å². The molecule has 0 bridgehead atoms. The van der Waals surface area contributed by atoms with Crippen molar-refractivity contribution < 1.29 is 31.5 Å². The topological polar surface area (TPSA) is 99.2 Å². The van der Waals surface area contributed by atoms with Crippen molar-refractivity contribution in [2.45, 2.75) is 19.1 Å². The van der Waals surface area contributed by atoms with E-state index in [9.17, 15) is 0 Å². The molecule has 0 saturated carbocycles. The summed E-state index contributed by atoms with van der Waals surface area (Å²) in [5.41, 5.74) is 5.37. The van der Waals surface area contributed by atoms with Crippen LogP contribution in [0.2, 0.25) is 0 Å². The van der Waals surface area contributed by atoms with E-state index < -0.39 is 0 Å². The molecule has 1 aliphatic heterocycles. The summed E-state index contributed by atoms with van der Waals surface area (Å²) in [6.45, 7) is 8.60. The van der Waals surface area contributed by atoms with Gasteiger partial charge >= 0.3 is 0 Å². The molecule has 0 amide bonds. The Morgan fingerprint density at radius 1 is 0.700 bits per heavy atom. The summed E-state index contributed by atoms with van der Waals surface area (Å²) >= 11 is 0. The number of nitrogens with one attached hydrogen (secondary N) is 4. The van der Waals surface area contributed by atoms with Gasteiger partial charge in [0.1, 0.15) is 0 Å². The summed E-state index contributed by atoms with van der Waals surface area (Å²) in [4.78, 5) is 9.33. The molecule has 0 radical (unpaired) electrons. The van der Waals surface area contributed by atoms with Gasteiger partial charge in [0.2, 0.25) is 6.29 Å². The maximum absolute atomic E-state index is 5.37. The van der Waals surface area contributed by atoms with Gasteiger partial charge in [-0.05, 0) is 13.0 Å². The second kappa shape index (κ2) is 15.8. The molecule has 0 spiro atoms. The summed E-state index contributed by atoms with van der Waals surface area (Å²) < 4.78 is 0. The van der Waals surface area contributed by atoms with Crippen LogP contribution in [0.15, 0.2) is 0 Å². The van der Waals surface area contributed by atoms with E-state index in [-0.39, 0.29) is 28.0 Å². The van der Waals surface area contributed by atoms with Crippen molar-refractivity contribution in [2.75, 3.05) is 58.9 Å². The Balaban J connectivity index is 0.00000361. The minimum Gasteiger partial charge on any atom is -0.329 e. The van der Waals surface area contributed by atoms with E-state index in [1.807, 2.05) is 0 Å². The Morgan fingerprint density at radius 3 is 1.60 bits per heavy atom. The van der Waals surface area contributed by atoms with Crippen molar-refractivity contribution in [3.05, 3.63) is 0 Å². The molecular weight excluding hydrogens is 294 g/mol. The number of rotatable bonds is 15. The minimum absolute atomic E-state index is 0. The average molecular weight is 323 g/mol. The van der Waals surface area contributed by atoms with Gasteiger partial charge in [-0.2, -0.15) is 9.78 Å². The Kier molecular flexibility index (Phi) is 16.2. The Hall–Kier alpha value is 0.434. The second-order valence-electron chi connectivity index (χ2n) is 4.55. The fraction of sp³-hybridized carbons (Fsp3) is 1.00. The van der Waals surface area contributed by atoms with E-state index in [1.165, 1.54) is 0 Å². The molecule has 8 heteroatoms. The average Bonchev–Trinajstić information content (AvgIpc) is 3.23. The third kappa shape index (κ3) is 14.8. The first kappa shape index (κ1) is 20.4. The fourth-order valence-corrected chi connectivity index (χ4v) is 1.66. The summed E-state index contributed by atoms with van der Waals surface area (Å²) in [7, 11) is 0. The fourth-order valence-electron chi connectivity index (χ4n) is 1.66. The monoisotopic (exact) mass is 323 g/mol. The van der Waals surface area contributed by atoms with Crippen molar-refractivity contribution in [1.82, 2.24) is 21.3 Å². The third-order valence-corrected chi connectivity index (χ3v) is 2.78. The summed E-state index contributed by atoms with van der Waals surface area (Å²) in [6.07, 6.45) is 2.16. The Bertz CT molecular complexity index is 199. The Labute approximate surface area is 136 Å². The van der Waals surface area contributed by atoms with Crippen LogP contribution in [0.25, 0.3) is 0 Å². The van der Waals surface area contributed by atoms with Crippen molar-refractivity contribution in [1.29, 1.82) is 0 Å². The van der Waals surface area contributed by atoms with Crippen LogP contribution in [0.3, 0.4) is 0 Å². The number of hydrogen-bond acceptors (Lipinski definition) is 7. The van der Waals surface area contributed by atoms with Crippen molar-refractivity contribution >= 4 is 0 Å². The molecular formula is C12H29N5O2Ti.